The number of fused-ring (bicyclic) bond motifs is 1. The first kappa shape index (κ1) is 18.4. The second-order valence-corrected chi connectivity index (χ2v) is 7.17. The van der Waals surface area contributed by atoms with E-state index in [-0.39, 0.29) is 24.3 Å². The number of likely N-dealkylation sites (N-methyl/N-ethyl adjacent to an activating group) is 1. The molecule has 0 spiro atoms. The fraction of sp³-hybridized carbons (Fsp3) is 0.318. The normalized spacial score (nSPS) is 17.2. The maximum atomic E-state index is 12.9. The Kier molecular flexibility index (Phi) is 4.96. The Morgan fingerprint density at radius 1 is 0.893 bits per heavy atom. The van der Waals surface area contributed by atoms with Gasteiger partial charge in [-0.3, -0.25) is 19.3 Å². The summed E-state index contributed by atoms with van der Waals surface area (Å²) < 4.78 is 0. The second-order valence-electron chi connectivity index (χ2n) is 7.17. The molecule has 0 radical (unpaired) electrons. The summed E-state index contributed by atoms with van der Waals surface area (Å²) in [5.74, 6) is -0.569. The summed E-state index contributed by atoms with van der Waals surface area (Å²) >= 11 is 0. The summed E-state index contributed by atoms with van der Waals surface area (Å²) in [6, 6.07) is 14.1. The van der Waals surface area contributed by atoms with Crippen molar-refractivity contribution in [3.05, 3.63) is 70.8 Å². The smallest absolute Gasteiger partial charge is 0.261 e. The van der Waals surface area contributed by atoms with Crippen LogP contribution in [0, 0.1) is 0 Å². The Labute approximate surface area is 164 Å². The first-order chi connectivity index (χ1) is 13.6. The van der Waals surface area contributed by atoms with Crippen molar-refractivity contribution in [3.63, 3.8) is 0 Å². The van der Waals surface area contributed by atoms with Crippen LogP contribution in [0.25, 0.3) is 0 Å². The van der Waals surface area contributed by atoms with E-state index < -0.39 is 0 Å². The monoisotopic (exact) mass is 377 g/mol. The lowest BCUT2D eigenvalue weighted by Gasteiger charge is -2.34. The molecule has 0 saturated carbocycles. The van der Waals surface area contributed by atoms with E-state index in [2.05, 4.69) is 11.8 Å². The lowest BCUT2D eigenvalue weighted by Crippen LogP contribution is -2.48. The van der Waals surface area contributed by atoms with Crippen molar-refractivity contribution >= 4 is 17.7 Å². The molecule has 1 fully saturated rings. The van der Waals surface area contributed by atoms with Crippen molar-refractivity contribution in [3.8, 4) is 0 Å². The van der Waals surface area contributed by atoms with Gasteiger partial charge in [0.1, 0.15) is 0 Å². The second kappa shape index (κ2) is 7.56. The number of carbonyl (C=O) groups is 3. The lowest BCUT2D eigenvalue weighted by molar-refractivity contribution is 0.0638. The number of hydrogen-bond donors (Lipinski definition) is 0. The molecule has 0 N–H and O–H groups in total. The van der Waals surface area contributed by atoms with Crippen LogP contribution < -0.4 is 0 Å². The van der Waals surface area contributed by atoms with Crippen LogP contribution in [0.4, 0.5) is 0 Å². The van der Waals surface area contributed by atoms with Gasteiger partial charge in [-0.25, -0.2) is 0 Å². The third-order valence-corrected chi connectivity index (χ3v) is 5.50. The largest absolute Gasteiger partial charge is 0.336 e. The van der Waals surface area contributed by atoms with Gasteiger partial charge in [0.05, 0.1) is 17.7 Å². The molecule has 28 heavy (non-hydrogen) atoms. The van der Waals surface area contributed by atoms with E-state index in [1.54, 1.807) is 36.4 Å². The zero-order valence-electron chi connectivity index (χ0n) is 15.9. The van der Waals surface area contributed by atoms with Crippen LogP contribution in [-0.2, 0) is 6.54 Å². The molecule has 0 atom stereocenters. The summed E-state index contributed by atoms with van der Waals surface area (Å²) in [5.41, 5.74) is 2.24. The van der Waals surface area contributed by atoms with Gasteiger partial charge >= 0.3 is 0 Å². The molecule has 0 bridgehead atoms. The number of hydrogen-bond acceptors (Lipinski definition) is 4. The van der Waals surface area contributed by atoms with Crippen molar-refractivity contribution in [2.45, 2.75) is 13.5 Å². The minimum atomic E-state index is -0.284. The van der Waals surface area contributed by atoms with Crippen molar-refractivity contribution < 1.29 is 14.4 Å². The molecule has 4 rings (SSSR count). The fourth-order valence-electron chi connectivity index (χ4n) is 3.82. The maximum absolute atomic E-state index is 12.9. The summed E-state index contributed by atoms with van der Waals surface area (Å²) in [7, 11) is 0. The van der Waals surface area contributed by atoms with E-state index in [1.807, 2.05) is 17.0 Å². The Morgan fingerprint density at radius 3 is 2.14 bits per heavy atom. The molecule has 2 aliphatic heterocycles. The molecule has 144 valence electrons. The highest BCUT2D eigenvalue weighted by atomic mass is 16.2. The number of rotatable bonds is 4. The van der Waals surface area contributed by atoms with Gasteiger partial charge in [-0.2, -0.15) is 0 Å². The average Bonchev–Trinajstić information content (AvgIpc) is 2.98. The maximum Gasteiger partial charge on any atom is 0.261 e. The summed E-state index contributed by atoms with van der Waals surface area (Å²) in [4.78, 5) is 43.4. The molecule has 2 heterocycles. The molecule has 2 aromatic rings. The Hall–Kier alpha value is -2.99. The minimum absolute atomic E-state index is 0.0000332. The molecule has 1 saturated heterocycles. The van der Waals surface area contributed by atoms with Gasteiger partial charge in [0.2, 0.25) is 0 Å². The standard InChI is InChI=1S/C22H23N3O3/c1-2-23-10-12-24(13-11-23)20(26)17-7-5-6-16(14-17)15-25-21(27)18-8-3-4-9-19(18)22(25)28/h3-9,14H,2,10-13,15H2,1H3. The molecule has 0 aromatic heterocycles. The third-order valence-electron chi connectivity index (χ3n) is 5.50. The number of imide groups is 1. The number of amides is 3. The summed E-state index contributed by atoms with van der Waals surface area (Å²) in [6.45, 7) is 6.49. The van der Waals surface area contributed by atoms with Gasteiger partial charge in [0.15, 0.2) is 0 Å². The summed E-state index contributed by atoms with van der Waals surface area (Å²) in [5, 5.41) is 0. The first-order valence-electron chi connectivity index (χ1n) is 9.64. The van der Waals surface area contributed by atoms with Gasteiger partial charge in [-0.15, -0.1) is 0 Å². The van der Waals surface area contributed by atoms with Gasteiger partial charge in [0.25, 0.3) is 17.7 Å². The predicted octanol–water partition coefficient (Wildman–Crippen LogP) is 2.26. The Bertz CT molecular complexity index is 897. The van der Waals surface area contributed by atoms with Crippen LogP contribution in [0.15, 0.2) is 48.5 Å². The number of nitrogens with zero attached hydrogens (tertiary/aromatic N) is 3. The van der Waals surface area contributed by atoms with Crippen LogP contribution in [0.2, 0.25) is 0 Å². The number of benzene rings is 2. The van der Waals surface area contributed by atoms with Gasteiger partial charge < -0.3 is 9.80 Å². The van der Waals surface area contributed by atoms with Crippen molar-refractivity contribution in [1.82, 2.24) is 14.7 Å². The SMILES string of the molecule is CCN1CCN(C(=O)c2cccc(CN3C(=O)c4ccccc4C3=O)c2)CC1. The molecular formula is C22H23N3O3. The van der Waals surface area contributed by atoms with E-state index in [4.69, 9.17) is 0 Å². The van der Waals surface area contributed by atoms with E-state index >= 15 is 0 Å². The molecule has 2 aliphatic rings. The quantitative estimate of drug-likeness (QED) is 0.767. The molecule has 0 aliphatic carbocycles. The highest BCUT2D eigenvalue weighted by Crippen LogP contribution is 2.24. The van der Waals surface area contributed by atoms with E-state index in [0.29, 0.717) is 16.7 Å². The molecular weight excluding hydrogens is 354 g/mol. The average molecular weight is 377 g/mol. The topological polar surface area (TPSA) is 60.9 Å². The van der Waals surface area contributed by atoms with Crippen LogP contribution in [0.5, 0.6) is 0 Å². The zero-order valence-corrected chi connectivity index (χ0v) is 15.9. The van der Waals surface area contributed by atoms with E-state index in [1.165, 1.54) is 4.90 Å². The molecule has 0 unspecified atom stereocenters. The van der Waals surface area contributed by atoms with Gasteiger partial charge in [-0.1, -0.05) is 31.2 Å². The number of carbonyl (C=O) groups excluding carboxylic acids is 3. The Balaban J connectivity index is 1.48. The molecule has 6 heteroatoms. The van der Waals surface area contributed by atoms with E-state index in [9.17, 15) is 14.4 Å². The first-order valence-corrected chi connectivity index (χ1v) is 9.64. The molecule has 6 nitrogen and oxygen atoms in total. The molecule has 2 aromatic carbocycles. The minimum Gasteiger partial charge on any atom is -0.336 e. The summed E-state index contributed by atoms with van der Waals surface area (Å²) in [6.07, 6.45) is 0. The van der Waals surface area contributed by atoms with Crippen LogP contribution in [0.1, 0.15) is 43.6 Å². The third kappa shape index (κ3) is 3.31. The Morgan fingerprint density at radius 2 is 1.54 bits per heavy atom. The molecule has 3 amide bonds. The lowest BCUT2D eigenvalue weighted by atomic mass is 10.1. The zero-order chi connectivity index (χ0) is 19.7. The number of piperazine rings is 1. The van der Waals surface area contributed by atoms with Crippen LogP contribution in [-0.4, -0.2) is 65.1 Å². The highest BCUT2D eigenvalue weighted by molar-refractivity contribution is 6.21. The van der Waals surface area contributed by atoms with Crippen LogP contribution >= 0.6 is 0 Å². The highest BCUT2D eigenvalue weighted by Gasteiger charge is 2.35. The van der Waals surface area contributed by atoms with Gasteiger partial charge in [0, 0.05) is 31.7 Å². The van der Waals surface area contributed by atoms with Crippen molar-refractivity contribution in [1.29, 1.82) is 0 Å². The van der Waals surface area contributed by atoms with Crippen molar-refractivity contribution in [2.24, 2.45) is 0 Å². The van der Waals surface area contributed by atoms with Gasteiger partial charge in [-0.05, 0) is 36.4 Å². The predicted molar refractivity (Wildman–Crippen MR) is 105 cm³/mol. The van der Waals surface area contributed by atoms with Crippen molar-refractivity contribution in [2.75, 3.05) is 32.7 Å². The van der Waals surface area contributed by atoms with E-state index in [0.717, 1.165) is 38.3 Å². The van der Waals surface area contributed by atoms with Crippen LogP contribution in [0.3, 0.4) is 0 Å². The fourth-order valence-corrected chi connectivity index (χ4v) is 3.82.